The van der Waals surface area contributed by atoms with Crippen LogP contribution >= 0.6 is 0 Å². The molecule has 0 radical (unpaired) electrons. The van der Waals surface area contributed by atoms with Crippen LogP contribution in [0.2, 0.25) is 0 Å². The third-order valence-corrected chi connectivity index (χ3v) is 5.14. The lowest BCUT2D eigenvalue weighted by Gasteiger charge is -2.36. The van der Waals surface area contributed by atoms with E-state index >= 15 is 0 Å². The molecule has 0 heterocycles. The molecule has 2 aromatic rings. The Kier molecular flexibility index (Phi) is 3.55. The molecular weight excluding hydrogens is 284 g/mol. The summed E-state index contributed by atoms with van der Waals surface area (Å²) >= 11 is 0. The summed E-state index contributed by atoms with van der Waals surface area (Å²) in [5.74, 6) is 1.00. The van der Waals surface area contributed by atoms with Crippen molar-refractivity contribution in [2.75, 3.05) is 0 Å². The average Bonchev–Trinajstić information content (AvgIpc) is 2.59. The van der Waals surface area contributed by atoms with Gasteiger partial charge in [0.25, 0.3) is 0 Å². The summed E-state index contributed by atoms with van der Waals surface area (Å²) in [7, 11) is 0. The van der Waals surface area contributed by atoms with Gasteiger partial charge in [0, 0.05) is 11.5 Å². The molecule has 2 aromatic carbocycles. The second kappa shape index (κ2) is 5.71. The van der Waals surface area contributed by atoms with Gasteiger partial charge in [-0.05, 0) is 35.1 Å². The van der Waals surface area contributed by atoms with E-state index in [0.29, 0.717) is 18.1 Å². The van der Waals surface area contributed by atoms with Crippen LogP contribution in [0.3, 0.4) is 0 Å². The van der Waals surface area contributed by atoms with Crippen LogP contribution in [-0.2, 0) is 6.42 Å². The molecule has 4 rings (SSSR count). The highest BCUT2D eigenvalue weighted by molar-refractivity contribution is 5.87. The fourth-order valence-electron chi connectivity index (χ4n) is 3.91. The normalized spacial score (nSPS) is 28.9. The van der Waals surface area contributed by atoms with Crippen molar-refractivity contribution in [1.29, 1.82) is 0 Å². The number of aromatic hydroxyl groups is 1. The third kappa shape index (κ3) is 2.49. The molecule has 0 spiro atoms. The van der Waals surface area contributed by atoms with Gasteiger partial charge < -0.3 is 10.2 Å². The van der Waals surface area contributed by atoms with Crippen molar-refractivity contribution in [3.63, 3.8) is 0 Å². The minimum absolute atomic E-state index is 0.0721. The highest BCUT2D eigenvalue weighted by atomic mass is 16.3. The molecule has 0 aliphatic heterocycles. The Balaban J connectivity index is 1.75. The number of aliphatic hydroxyl groups excluding tert-OH is 1. The van der Waals surface area contributed by atoms with Crippen LogP contribution in [0.25, 0.3) is 10.8 Å². The van der Waals surface area contributed by atoms with Crippen LogP contribution in [0.4, 0.5) is 0 Å². The molecule has 0 amide bonds. The molecule has 2 heteroatoms. The lowest BCUT2D eigenvalue weighted by Crippen LogP contribution is -2.35. The van der Waals surface area contributed by atoms with Crippen LogP contribution in [0, 0.1) is 17.8 Å². The van der Waals surface area contributed by atoms with Gasteiger partial charge in [0.1, 0.15) is 5.75 Å². The number of hydrogen-bond donors (Lipinski definition) is 2. The summed E-state index contributed by atoms with van der Waals surface area (Å²) < 4.78 is 0. The Morgan fingerprint density at radius 2 is 1.70 bits per heavy atom. The van der Waals surface area contributed by atoms with Crippen LogP contribution < -0.4 is 0 Å². The fraction of sp³-hybridized carbons (Fsp3) is 0.238. The van der Waals surface area contributed by atoms with E-state index in [-0.39, 0.29) is 11.8 Å². The maximum atomic E-state index is 10.5. The van der Waals surface area contributed by atoms with E-state index in [1.165, 1.54) is 0 Å². The summed E-state index contributed by atoms with van der Waals surface area (Å²) in [5.41, 5.74) is 0.934. The van der Waals surface area contributed by atoms with E-state index in [9.17, 15) is 10.2 Å². The summed E-state index contributed by atoms with van der Waals surface area (Å²) in [6.07, 6.45) is 12.7. The Labute approximate surface area is 136 Å². The number of allylic oxidation sites excluding steroid dienone is 5. The zero-order chi connectivity index (χ0) is 15.8. The van der Waals surface area contributed by atoms with Crippen molar-refractivity contribution in [3.05, 3.63) is 78.4 Å². The number of phenols is 1. The minimum Gasteiger partial charge on any atom is -0.508 e. The van der Waals surface area contributed by atoms with Crippen molar-refractivity contribution in [3.8, 4) is 5.75 Å². The molecule has 4 unspecified atom stereocenters. The van der Waals surface area contributed by atoms with E-state index in [2.05, 4.69) is 36.4 Å². The molecule has 2 N–H and O–H groups in total. The summed E-state index contributed by atoms with van der Waals surface area (Å²) in [5, 5.41) is 23.1. The molecule has 2 nitrogen and oxygen atoms in total. The first-order valence-electron chi connectivity index (χ1n) is 8.15. The Hall–Kier alpha value is -2.32. The zero-order valence-corrected chi connectivity index (χ0v) is 12.8. The lowest BCUT2D eigenvalue weighted by atomic mass is 9.70. The fourth-order valence-corrected chi connectivity index (χ4v) is 3.91. The van der Waals surface area contributed by atoms with Gasteiger partial charge in [-0.2, -0.15) is 0 Å². The Bertz CT molecular complexity index is 816. The van der Waals surface area contributed by atoms with Crippen molar-refractivity contribution in [1.82, 2.24) is 0 Å². The molecule has 2 aliphatic rings. The zero-order valence-electron chi connectivity index (χ0n) is 12.8. The molecule has 0 fully saturated rings. The van der Waals surface area contributed by atoms with Gasteiger partial charge in [-0.25, -0.2) is 0 Å². The van der Waals surface area contributed by atoms with Gasteiger partial charge in [0.15, 0.2) is 0 Å². The first kappa shape index (κ1) is 14.3. The number of aliphatic hydroxyl groups is 1. The van der Waals surface area contributed by atoms with Gasteiger partial charge in [-0.1, -0.05) is 66.8 Å². The first-order valence-corrected chi connectivity index (χ1v) is 8.15. The highest BCUT2D eigenvalue weighted by Gasteiger charge is 2.34. The molecule has 0 aromatic heterocycles. The van der Waals surface area contributed by atoms with Gasteiger partial charge >= 0.3 is 0 Å². The van der Waals surface area contributed by atoms with E-state index < -0.39 is 6.10 Å². The second-order valence-electron chi connectivity index (χ2n) is 6.45. The van der Waals surface area contributed by atoms with Gasteiger partial charge in [-0.3, -0.25) is 0 Å². The molecule has 0 bridgehead atoms. The largest absolute Gasteiger partial charge is 0.508 e. The van der Waals surface area contributed by atoms with Gasteiger partial charge in [0.05, 0.1) is 6.10 Å². The van der Waals surface area contributed by atoms with E-state index in [4.69, 9.17) is 0 Å². The molecule has 116 valence electrons. The maximum absolute atomic E-state index is 10.5. The van der Waals surface area contributed by atoms with Crippen molar-refractivity contribution >= 4 is 10.8 Å². The standard InChI is InChI=1S/C21H20O2/c22-20-11-9-14-5-1-3-7-16(14)18(20)13-19-17-8-4-2-6-15(17)10-12-21(19)23/h1-12,14,16,18,20,22-23H,13H2. The van der Waals surface area contributed by atoms with Gasteiger partial charge in [-0.15, -0.1) is 0 Å². The average molecular weight is 304 g/mol. The van der Waals surface area contributed by atoms with Crippen LogP contribution in [0.5, 0.6) is 5.75 Å². The quantitative estimate of drug-likeness (QED) is 0.824. The molecule has 0 saturated carbocycles. The minimum atomic E-state index is -0.481. The lowest BCUT2D eigenvalue weighted by molar-refractivity contribution is 0.106. The monoisotopic (exact) mass is 304 g/mol. The Morgan fingerprint density at radius 1 is 0.870 bits per heavy atom. The van der Waals surface area contributed by atoms with E-state index in [1.807, 2.05) is 30.3 Å². The van der Waals surface area contributed by atoms with E-state index in [1.54, 1.807) is 6.07 Å². The molecule has 2 aliphatic carbocycles. The Morgan fingerprint density at radius 3 is 2.61 bits per heavy atom. The van der Waals surface area contributed by atoms with Crippen LogP contribution in [0.15, 0.2) is 72.9 Å². The van der Waals surface area contributed by atoms with E-state index in [0.717, 1.165) is 16.3 Å². The van der Waals surface area contributed by atoms with Gasteiger partial charge in [0.2, 0.25) is 0 Å². The van der Waals surface area contributed by atoms with Crippen molar-refractivity contribution in [2.24, 2.45) is 17.8 Å². The number of benzene rings is 2. The van der Waals surface area contributed by atoms with Crippen LogP contribution in [-0.4, -0.2) is 16.3 Å². The summed E-state index contributed by atoms with van der Waals surface area (Å²) in [4.78, 5) is 0. The molecule has 4 atom stereocenters. The predicted molar refractivity (Wildman–Crippen MR) is 93.2 cm³/mol. The summed E-state index contributed by atoms with van der Waals surface area (Å²) in [6, 6.07) is 11.8. The maximum Gasteiger partial charge on any atom is 0.119 e. The smallest absolute Gasteiger partial charge is 0.119 e. The predicted octanol–water partition coefficient (Wildman–Crippen LogP) is 3.99. The highest BCUT2D eigenvalue weighted by Crippen LogP contribution is 2.39. The number of rotatable bonds is 2. The molecule has 0 saturated heterocycles. The van der Waals surface area contributed by atoms with Crippen molar-refractivity contribution < 1.29 is 10.2 Å². The second-order valence-corrected chi connectivity index (χ2v) is 6.45. The molecule has 23 heavy (non-hydrogen) atoms. The number of phenolic OH excluding ortho intramolecular Hbond substituents is 1. The van der Waals surface area contributed by atoms with Crippen LogP contribution in [0.1, 0.15) is 5.56 Å². The molecular formula is C21H20O2. The topological polar surface area (TPSA) is 40.5 Å². The third-order valence-electron chi connectivity index (χ3n) is 5.14. The SMILES string of the molecule is Oc1ccc2ccccc2c1CC1C(O)C=CC2C=CC=CC21. The number of fused-ring (bicyclic) bond motifs is 2. The first-order chi connectivity index (χ1) is 11.2. The summed E-state index contributed by atoms with van der Waals surface area (Å²) in [6.45, 7) is 0. The number of hydrogen-bond acceptors (Lipinski definition) is 2. The van der Waals surface area contributed by atoms with Crippen molar-refractivity contribution in [2.45, 2.75) is 12.5 Å².